The van der Waals surface area contributed by atoms with Crippen molar-refractivity contribution in [1.29, 1.82) is 0 Å². The van der Waals surface area contributed by atoms with Crippen LogP contribution in [-0.4, -0.2) is 19.5 Å². The van der Waals surface area contributed by atoms with Gasteiger partial charge in [0.2, 0.25) is 0 Å². The van der Waals surface area contributed by atoms with Crippen LogP contribution in [0, 0.1) is 12.7 Å². The smallest absolute Gasteiger partial charge is 0.347 e. The number of halogens is 2. The van der Waals surface area contributed by atoms with Gasteiger partial charge in [-0.25, -0.2) is 17.6 Å². The van der Waals surface area contributed by atoms with Crippen LogP contribution < -0.4 is 4.72 Å². The van der Waals surface area contributed by atoms with E-state index in [1.54, 1.807) is 0 Å². The van der Waals surface area contributed by atoms with E-state index in [1.165, 1.54) is 18.4 Å². The molecule has 0 bridgehead atoms. The van der Waals surface area contributed by atoms with Gasteiger partial charge in [-0.2, -0.15) is 0 Å². The minimum absolute atomic E-state index is 0.00438. The molecule has 0 saturated carbocycles. The van der Waals surface area contributed by atoms with E-state index >= 15 is 0 Å². The number of rotatable bonds is 4. The predicted molar refractivity (Wildman–Crippen MR) is 78.2 cm³/mol. The molecular formula is C12H9ClFNO4S2. The Morgan fingerprint density at radius 3 is 2.71 bits per heavy atom. The summed E-state index contributed by atoms with van der Waals surface area (Å²) in [4.78, 5) is 10.4. The molecule has 0 saturated heterocycles. The Labute approximate surface area is 129 Å². The molecule has 0 aliphatic carbocycles. The second-order valence-electron chi connectivity index (χ2n) is 4.11. The number of carboxylic acids is 1. The van der Waals surface area contributed by atoms with Crippen LogP contribution in [0.25, 0.3) is 0 Å². The van der Waals surface area contributed by atoms with Gasteiger partial charge >= 0.3 is 5.97 Å². The summed E-state index contributed by atoms with van der Waals surface area (Å²) >= 11 is 6.60. The molecule has 0 atom stereocenters. The van der Waals surface area contributed by atoms with Gasteiger partial charge in [0.1, 0.15) is 15.6 Å². The fourth-order valence-electron chi connectivity index (χ4n) is 1.69. The van der Waals surface area contributed by atoms with E-state index in [0.29, 0.717) is 0 Å². The van der Waals surface area contributed by atoms with Crippen molar-refractivity contribution in [3.63, 3.8) is 0 Å². The molecule has 2 aromatic rings. The molecular weight excluding hydrogens is 341 g/mol. The Hall–Kier alpha value is -1.64. The molecule has 112 valence electrons. The van der Waals surface area contributed by atoms with Crippen LogP contribution in [0.4, 0.5) is 10.1 Å². The largest absolute Gasteiger partial charge is 0.477 e. The van der Waals surface area contributed by atoms with E-state index < -0.39 is 21.8 Å². The van der Waals surface area contributed by atoms with Gasteiger partial charge in [-0.1, -0.05) is 11.6 Å². The molecule has 9 heteroatoms. The standard InChI is InChI=1S/C12H9ClFNO4S2/c1-6-5-20-10(12(16)17)11(6)21(18,19)15-9-4-7(14)2-3-8(9)13/h2-5,15H,1H3,(H,16,17). The molecule has 1 aromatic heterocycles. The Balaban J connectivity index is 2.51. The van der Waals surface area contributed by atoms with Gasteiger partial charge in [-0.15, -0.1) is 11.3 Å². The topological polar surface area (TPSA) is 83.5 Å². The summed E-state index contributed by atoms with van der Waals surface area (Å²) in [6, 6.07) is 3.20. The highest BCUT2D eigenvalue weighted by molar-refractivity contribution is 7.93. The number of benzene rings is 1. The Kier molecular flexibility index (Phi) is 4.22. The lowest BCUT2D eigenvalue weighted by atomic mass is 10.3. The number of carboxylic acid groups (broad SMARTS) is 1. The van der Waals surface area contributed by atoms with E-state index in [1.807, 2.05) is 0 Å². The van der Waals surface area contributed by atoms with Crippen LogP contribution in [0.2, 0.25) is 5.02 Å². The number of hydrogen-bond donors (Lipinski definition) is 2. The summed E-state index contributed by atoms with van der Waals surface area (Å²) < 4.78 is 39.9. The van der Waals surface area contributed by atoms with E-state index in [-0.39, 0.29) is 26.0 Å². The molecule has 5 nitrogen and oxygen atoms in total. The summed E-state index contributed by atoms with van der Waals surface area (Å²) in [6.07, 6.45) is 0. The first-order valence-corrected chi connectivity index (χ1v) is 8.25. The molecule has 0 aliphatic rings. The number of thiophene rings is 1. The summed E-state index contributed by atoms with van der Waals surface area (Å²) in [5.74, 6) is -2.02. The first kappa shape index (κ1) is 15.7. The summed E-state index contributed by atoms with van der Waals surface area (Å²) in [5.41, 5.74) is 0.135. The number of nitrogens with one attached hydrogen (secondary N) is 1. The second kappa shape index (κ2) is 5.63. The zero-order valence-electron chi connectivity index (χ0n) is 10.6. The number of sulfonamides is 1. The molecule has 0 unspecified atom stereocenters. The molecule has 0 fully saturated rings. The maximum absolute atomic E-state index is 13.2. The number of aryl methyl sites for hydroxylation is 1. The van der Waals surface area contributed by atoms with Gasteiger partial charge in [0.15, 0.2) is 0 Å². The zero-order valence-corrected chi connectivity index (χ0v) is 12.9. The maximum Gasteiger partial charge on any atom is 0.347 e. The third-order valence-electron chi connectivity index (χ3n) is 2.55. The molecule has 2 rings (SSSR count). The highest BCUT2D eigenvalue weighted by Crippen LogP contribution is 2.31. The van der Waals surface area contributed by atoms with Crippen molar-refractivity contribution in [1.82, 2.24) is 0 Å². The lowest BCUT2D eigenvalue weighted by Gasteiger charge is -2.10. The lowest BCUT2D eigenvalue weighted by Crippen LogP contribution is -2.16. The number of carbonyl (C=O) groups is 1. The maximum atomic E-state index is 13.2. The number of anilines is 1. The Bertz CT molecular complexity index is 817. The van der Waals surface area contributed by atoms with Crippen molar-refractivity contribution < 1.29 is 22.7 Å². The van der Waals surface area contributed by atoms with Crippen LogP contribution in [0.3, 0.4) is 0 Å². The van der Waals surface area contributed by atoms with Gasteiger partial charge in [-0.05, 0) is 36.1 Å². The van der Waals surface area contributed by atoms with Crippen LogP contribution in [-0.2, 0) is 10.0 Å². The van der Waals surface area contributed by atoms with Crippen molar-refractivity contribution in [3.05, 3.63) is 44.9 Å². The lowest BCUT2D eigenvalue weighted by molar-refractivity contribution is 0.0698. The first-order chi connectivity index (χ1) is 9.72. The quantitative estimate of drug-likeness (QED) is 0.886. The molecule has 1 aromatic carbocycles. The third kappa shape index (κ3) is 3.17. The van der Waals surface area contributed by atoms with E-state index in [2.05, 4.69) is 4.72 Å². The SMILES string of the molecule is Cc1csc(C(=O)O)c1S(=O)(=O)Nc1cc(F)ccc1Cl. The van der Waals surface area contributed by atoms with Crippen LogP contribution in [0.15, 0.2) is 28.5 Å². The van der Waals surface area contributed by atoms with Crippen molar-refractivity contribution in [3.8, 4) is 0 Å². The van der Waals surface area contributed by atoms with Gasteiger partial charge in [0.05, 0.1) is 10.7 Å². The van der Waals surface area contributed by atoms with E-state index in [4.69, 9.17) is 16.7 Å². The van der Waals surface area contributed by atoms with Crippen LogP contribution in [0.1, 0.15) is 15.2 Å². The Morgan fingerprint density at radius 2 is 2.10 bits per heavy atom. The van der Waals surface area contributed by atoms with Crippen molar-refractivity contribution in [2.24, 2.45) is 0 Å². The molecule has 21 heavy (non-hydrogen) atoms. The van der Waals surface area contributed by atoms with Crippen molar-refractivity contribution in [2.45, 2.75) is 11.8 Å². The van der Waals surface area contributed by atoms with Gasteiger partial charge in [0.25, 0.3) is 10.0 Å². The number of aromatic carboxylic acids is 1. The highest BCUT2D eigenvalue weighted by atomic mass is 35.5. The second-order valence-corrected chi connectivity index (χ2v) is 7.02. The van der Waals surface area contributed by atoms with Gasteiger partial charge in [-0.3, -0.25) is 4.72 Å². The molecule has 0 radical (unpaired) electrons. The van der Waals surface area contributed by atoms with Gasteiger partial charge < -0.3 is 5.11 Å². The summed E-state index contributed by atoms with van der Waals surface area (Å²) in [5, 5.41) is 10.5. The zero-order chi connectivity index (χ0) is 15.8. The summed E-state index contributed by atoms with van der Waals surface area (Å²) in [6.45, 7) is 1.48. The monoisotopic (exact) mass is 349 g/mol. The van der Waals surface area contributed by atoms with E-state index in [0.717, 1.165) is 23.5 Å². The average molecular weight is 350 g/mol. The first-order valence-electron chi connectivity index (χ1n) is 5.51. The molecule has 0 amide bonds. The third-order valence-corrected chi connectivity index (χ3v) is 5.65. The summed E-state index contributed by atoms with van der Waals surface area (Å²) in [7, 11) is -4.19. The van der Waals surface area contributed by atoms with Crippen molar-refractivity contribution >= 4 is 44.6 Å². The van der Waals surface area contributed by atoms with Crippen LogP contribution in [0.5, 0.6) is 0 Å². The minimum Gasteiger partial charge on any atom is -0.477 e. The Morgan fingerprint density at radius 1 is 1.43 bits per heavy atom. The normalized spacial score (nSPS) is 11.4. The van der Waals surface area contributed by atoms with Crippen LogP contribution >= 0.6 is 22.9 Å². The highest BCUT2D eigenvalue weighted by Gasteiger charge is 2.27. The molecule has 0 spiro atoms. The molecule has 2 N–H and O–H groups in total. The number of hydrogen-bond acceptors (Lipinski definition) is 4. The predicted octanol–water partition coefficient (Wildman–Crippen LogP) is 3.35. The van der Waals surface area contributed by atoms with E-state index in [9.17, 15) is 17.6 Å². The van der Waals surface area contributed by atoms with Gasteiger partial charge in [0, 0.05) is 0 Å². The fourth-order valence-corrected chi connectivity index (χ4v) is 4.61. The molecule has 0 aliphatic heterocycles. The minimum atomic E-state index is -4.19. The average Bonchev–Trinajstić information content (AvgIpc) is 2.76. The molecule has 1 heterocycles. The van der Waals surface area contributed by atoms with Crippen molar-refractivity contribution in [2.75, 3.05) is 4.72 Å². The fraction of sp³-hybridized carbons (Fsp3) is 0.0833.